The van der Waals surface area contributed by atoms with Crippen LogP contribution >= 0.6 is 0 Å². The smallest absolute Gasteiger partial charge is 0.329 e. The molecule has 2 atom stereocenters. The van der Waals surface area contributed by atoms with Crippen molar-refractivity contribution in [3.05, 3.63) is 0 Å². The van der Waals surface area contributed by atoms with Gasteiger partial charge in [0, 0.05) is 12.6 Å². The molecule has 1 rings (SSSR count). The predicted molar refractivity (Wildman–Crippen MR) is 77.7 cm³/mol. The quantitative estimate of drug-likeness (QED) is 0.627. The highest BCUT2D eigenvalue weighted by Crippen LogP contribution is 2.39. The highest BCUT2D eigenvalue weighted by molar-refractivity contribution is 5.86. The van der Waals surface area contributed by atoms with E-state index < -0.39 is 17.5 Å². The number of hydrogen-bond donors (Lipinski definition) is 3. The van der Waals surface area contributed by atoms with Crippen molar-refractivity contribution in [2.45, 2.75) is 52.1 Å². The largest absolute Gasteiger partial charge is 0.480 e. The third-order valence-electron chi connectivity index (χ3n) is 4.02. The zero-order valence-corrected chi connectivity index (χ0v) is 12.9. The lowest BCUT2D eigenvalue weighted by molar-refractivity contribution is -0.144. The first-order chi connectivity index (χ1) is 9.33. The Labute approximate surface area is 120 Å². The van der Waals surface area contributed by atoms with Gasteiger partial charge in [-0.25, -0.2) is 9.59 Å². The van der Waals surface area contributed by atoms with Crippen LogP contribution in [0.15, 0.2) is 0 Å². The maximum absolute atomic E-state index is 12.0. The number of rotatable bonds is 8. The van der Waals surface area contributed by atoms with Gasteiger partial charge in [0.1, 0.15) is 5.54 Å². The number of carbonyl (C=O) groups excluding carboxylic acids is 1. The molecule has 2 amide bonds. The van der Waals surface area contributed by atoms with E-state index in [9.17, 15) is 14.7 Å². The van der Waals surface area contributed by atoms with E-state index in [0.29, 0.717) is 0 Å². The van der Waals surface area contributed by atoms with E-state index in [1.165, 1.54) is 0 Å². The second kappa shape index (κ2) is 6.92. The number of likely N-dealkylation sites (N-methyl/N-ethyl adjacent to an activating group) is 1. The summed E-state index contributed by atoms with van der Waals surface area (Å²) in [4.78, 5) is 25.5. The minimum absolute atomic E-state index is 0.0212. The van der Waals surface area contributed by atoms with Crippen LogP contribution < -0.4 is 10.6 Å². The zero-order valence-electron chi connectivity index (χ0n) is 12.9. The third-order valence-corrected chi connectivity index (χ3v) is 4.02. The van der Waals surface area contributed by atoms with Gasteiger partial charge in [-0.05, 0) is 45.7 Å². The summed E-state index contributed by atoms with van der Waals surface area (Å²) in [5, 5.41) is 14.7. The first kappa shape index (κ1) is 16.8. The van der Waals surface area contributed by atoms with Crippen LogP contribution in [0.1, 0.15) is 40.5 Å². The standard InChI is InChI=1S/C14H27N3O3/c1-5-17(6-2)9-10(3)15-13(20)16-14(4,12(18)19)11-7-8-11/h10-11H,5-9H2,1-4H3,(H,18,19)(H2,15,16,20). The number of nitrogens with one attached hydrogen (secondary N) is 2. The molecule has 1 aliphatic rings. The van der Waals surface area contributed by atoms with Gasteiger partial charge in [-0.3, -0.25) is 0 Å². The number of nitrogens with zero attached hydrogens (tertiary/aromatic N) is 1. The van der Waals surface area contributed by atoms with E-state index in [0.717, 1.165) is 32.5 Å². The maximum Gasteiger partial charge on any atom is 0.329 e. The molecule has 116 valence electrons. The van der Waals surface area contributed by atoms with Gasteiger partial charge in [0.25, 0.3) is 0 Å². The van der Waals surface area contributed by atoms with Gasteiger partial charge < -0.3 is 20.6 Å². The number of aliphatic carboxylic acids is 1. The second-order valence-electron chi connectivity index (χ2n) is 5.77. The fourth-order valence-electron chi connectivity index (χ4n) is 2.40. The van der Waals surface area contributed by atoms with Crippen molar-refractivity contribution in [3.63, 3.8) is 0 Å². The molecule has 0 bridgehead atoms. The third kappa shape index (κ3) is 4.37. The molecule has 0 aliphatic heterocycles. The van der Waals surface area contributed by atoms with Gasteiger partial charge in [-0.1, -0.05) is 13.8 Å². The zero-order chi connectivity index (χ0) is 15.3. The SMILES string of the molecule is CCN(CC)CC(C)NC(=O)NC(C)(C(=O)O)C1CC1. The van der Waals surface area contributed by atoms with Gasteiger partial charge in [0.2, 0.25) is 0 Å². The van der Waals surface area contributed by atoms with Gasteiger partial charge in [0.15, 0.2) is 0 Å². The highest BCUT2D eigenvalue weighted by Gasteiger charge is 2.48. The van der Waals surface area contributed by atoms with E-state index in [1.807, 2.05) is 6.92 Å². The summed E-state index contributed by atoms with van der Waals surface area (Å²) >= 11 is 0. The lowest BCUT2D eigenvalue weighted by atomic mass is 9.96. The van der Waals surface area contributed by atoms with Crippen LogP contribution in [0.25, 0.3) is 0 Å². The van der Waals surface area contributed by atoms with Crippen LogP contribution in [0.2, 0.25) is 0 Å². The molecule has 0 aromatic heterocycles. The van der Waals surface area contributed by atoms with Crippen LogP contribution in [0, 0.1) is 5.92 Å². The Bertz CT molecular complexity index is 354. The molecule has 1 saturated carbocycles. The van der Waals surface area contributed by atoms with Crippen molar-refractivity contribution in [3.8, 4) is 0 Å². The van der Waals surface area contributed by atoms with E-state index in [-0.39, 0.29) is 12.0 Å². The molecule has 3 N–H and O–H groups in total. The summed E-state index contributed by atoms with van der Waals surface area (Å²) in [6.45, 7) is 10.3. The molecule has 6 heteroatoms. The van der Waals surface area contributed by atoms with Gasteiger partial charge >= 0.3 is 12.0 Å². The minimum Gasteiger partial charge on any atom is -0.480 e. The van der Waals surface area contributed by atoms with Crippen molar-refractivity contribution in [1.29, 1.82) is 0 Å². The van der Waals surface area contributed by atoms with Crippen LogP contribution in [0.5, 0.6) is 0 Å². The Hall–Kier alpha value is -1.30. The molecule has 0 radical (unpaired) electrons. The Morgan fingerprint density at radius 1 is 1.35 bits per heavy atom. The van der Waals surface area contributed by atoms with E-state index >= 15 is 0 Å². The monoisotopic (exact) mass is 285 g/mol. The minimum atomic E-state index is -1.15. The molecule has 0 saturated heterocycles. The topological polar surface area (TPSA) is 81.7 Å². The molecule has 1 aliphatic carbocycles. The number of carboxylic acids is 1. The Balaban J connectivity index is 2.48. The molecule has 0 spiro atoms. The molecule has 2 unspecified atom stereocenters. The molecular weight excluding hydrogens is 258 g/mol. The fraction of sp³-hybridized carbons (Fsp3) is 0.857. The normalized spacial score (nSPS) is 19.2. The average Bonchev–Trinajstić information content (AvgIpc) is 3.19. The van der Waals surface area contributed by atoms with Crippen molar-refractivity contribution in [1.82, 2.24) is 15.5 Å². The summed E-state index contributed by atoms with van der Waals surface area (Å²) in [6, 6.07) is -0.423. The van der Waals surface area contributed by atoms with Gasteiger partial charge in [-0.2, -0.15) is 0 Å². The molecule has 20 heavy (non-hydrogen) atoms. The van der Waals surface area contributed by atoms with Crippen LogP contribution in [0.4, 0.5) is 4.79 Å². The highest BCUT2D eigenvalue weighted by atomic mass is 16.4. The van der Waals surface area contributed by atoms with Gasteiger partial charge in [-0.15, -0.1) is 0 Å². The molecule has 1 fully saturated rings. The van der Waals surface area contributed by atoms with Crippen molar-refractivity contribution < 1.29 is 14.7 Å². The van der Waals surface area contributed by atoms with Crippen molar-refractivity contribution in [2.24, 2.45) is 5.92 Å². The first-order valence-corrected chi connectivity index (χ1v) is 7.37. The van der Waals surface area contributed by atoms with Crippen molar-refractivity contribution >= 4 is 12.0 Å². The second-order valence-corrected chi connectivity index (χ2v) is 5.77. The fourth-order valence-corrected chi connectivity index (χ4v) is 2.40. The molecule has 6 nitrogen and oxygen atoms in total. The lowest BCUT2D eigenvalue weighted by Crippen LogP contribution is -2.58. The van der Waals surface area contributed by atoms with E-state index in [1.54, 1.807) is 6.92 Å². The number of carboxylic acid groups (broad SMARTS) is 1. The Morgan fingerprint density at radius 2 is 1.90 bits per heavy atom. The molecular formula is C14H27N3O3. The molecule has 0 heterocycles. The number of hydrogen-bond acceptors (Lipinski definition) is 3. The van der Waals surface area contributed by atoms with Gasteiger partial charge in [0.05, 0.1) is 0 Å². The summed E-state index contributed by atoms with van der Waals surface area (Å²) in [5.41, 5.74) is -1.15. The first-order valence-electron chi connectivity index (χ1n) is 7.37. The average molecular weight is 285 g/mol. The maximum atomic E-state index is 12.0. The van der Waals surface area contributed by atoms with E-state index in [2.05, 4.69) is 29.4 Å². The number of carbonyl (C=O) groups is 2. The van der Waals surface area contributed by atoms with Crippen LogP contribution in [-0.2, 0) is 4.79 Å². The number of urea groups is 1. The van der Waals surface area contributed by atoms with Crippen LogP contribution in [-0.4, -0.2) is 53.2 Å². The van der Waals surface area contributed by atoms with Crippen molar-refractivity contribution in [2.75, 3.05) is 19.6 Å². The Kier molecular flexibility index (Phi) is 5.80. The molecule has 0 aromatic rings. The van der Waals surface area contributed by atoms with E-state index in [4.69, 9.17) is 0 Å². The summed E-state index contributed by atoms with van der Waals surface area (Å²) in [7, 11) is 0. The Morgan fingerprint density at radius 3 is 2.30 bits per heavy atom. The van der Waals surface area contributed by atoms with Crippen LogP contribution in [0.3, 0.4) is 0 Å². The lowest BCUT2D eigenvalue weighted by Gasteiger charge is -2.28. The molecule has 0 aromatic carbocycles. The summed E-state index contributed by atoms with van der Waals surface area (Å²) in [5.74, 6) is -0.921. The summed E-state index contributed by atoms with van der Waals surface area (Å²) in [6.07, 6.45) is 1.72. The number of amides is 2. The predicted octanol–water partition coefficient (Wildman–Crippen LogP) is 1.27. The summed E-state index contributed by atoms with van der Waals surface area (Å²) < 4.78 is 0.